The molecule has 17 heavy (non-hydrogen) atoms. The van der Waals surface area contributed by atoms with E-state index in [-0.39, 0.29) is 6.10 Å². The molecular formula is C13H21N3O. The van der Waals surface area contributed by atoms with Crippen molar-refractivity contribution in [2.24, 2.45) is 5.92 Å². The van der Waals surface area contributed by atoms with Crippen molar-refractivity contribution >= 4 is 0 Å². The highest BCUT2D eigenvalue weighted by atomic mass is 16.3. The summed E-state index contributed by atoms with van der Waals surface area (Å²) in [6, 6.07) is 0. The Bertz CT molecular complexity index is 395. The summed E-state index contributed by atoms with van der Waals surface area (Å²) in [5.41, 5.74) is 1.29. The molecule has 1 aliphatic carbocycles. The van der Waals surface area contributed by atoms with Crippen LogP contribution in [0.4, 0.5) is 0 Å². The van der Waals surface area contributed by atoms with Gasteiger partial charge in [-0.15, -0.1) is 0 Å². The maximum absolute atomic E-state index is 9.60. The molecule has 94 valence electrons. The summed E-state index contributed by atoms with van der Waals surface area (Å²) in [6.45, 7) is 5.26. The third-order valence-electron chi connectivity index (χ3n) is 3.04. The van der Waals surface area contributed by atoms with Crippen LogP contribution in [-0.2, 0) is 13.0 Å². The van der Waals surface area contributed by atoms with E-state index in [2.05, 4.69) is 23.9 Å². The van der Waals surface area contributed by atoms with Crippen LogP contribution in [0, 0.1) is 5.92 Å². The quantitative estimate of drug-likeness (QED) is 0.811. The summed E-state index contributed by atoms with van der Waals surface area (Å²) < 4.78 is 1.98. The Balaban J connectivity index is 2.05. The Morgan fingerprint density at radius 3 is 3.06 bits per heavy atom. The third kappa shape index (κ3) is 3.40. The molecule has 1 heterocycles. The van der Waals surface area contributed by atoms with Gasteiger partial charge in [0.2, 0.25) is 0 Å². The third-order valence-corrected chi connectivity index (χ3v) is 3.04. The highest BCUT2D eigenvalue weighted by Crippen LogP contribution is 2.21. The second-order valence-corrected chi connectivity index (χ2v) is 5.21. The van der Waals surface area contributed by atoms with E-state index in [1.54, 1.807) is 6.33 Å². The van der Waals surface area contributed by atoms with Gasteiger partial charge in [-0.05, 0) is 25.2 Å². The zero-order valence-electron chi connectivity index (χ0n) is 10.6. The van der Waals surface area contributed by atoms with Crippen molar-refractivity contribution < 1.29 is 5.11 Å². The molecule has 0 aliphatic heterocycles. The van der Waals surface area contributed by atoms with Crippen molar-refractivity contribution in [2.45, 2.75) is 52.2 Å². The fourth-order valence-electron chi connectivity index (χ4n) is 2.25. The second-order valence-electron chi connectivity index (χ2n) is 5.21. The molecule has 0 saturated carbocycles. The zero-order valence-corrected chi connectivity index (χ0v) is 10.6. The van der Waals surface area contributed by atoms with E-state index in [1.807, 2.05) is 10.8 Å². The molecule has 0 bridgehead atoms. The van der Waals surface area contributed by atoms with Crippen LogP contribution < -0.4 is 0 Å². The normalized spacial score (nSPS) is 20.7. The molecule has 1 unspecified atom stereocenters. The maximum atomic E-state index is 9.60. The molecule has 4 nitrogen and oxygen atoms in total. The van der Waals surface area contributed by atoms with Crippen molar-refractivity contribution in [2.75, 3.05) is 0 Å². The van der Waals surface area contributed by atoms with Gasteiger partial charge in [-0.1, -0.05) is 25.5 Å². The number of allylic oxidation sites excluding steroid dienone is 1. The fourth-order valence-corrected chi connectivity index (χ4v) is 2.25. The van der Waals surface area contributed by atoms with Gasteiger partial charge in [-0.3, -0.25) is 0 Å². The number of aromatic nitrogens is 3. The van der Waals surface area contributed by atoms with Crippen LogP contribution in [0.1, 0.15) is 38.9 Å². The topological polar surface area (TPSA) is 50.9 Å². The van der Waals surface area contributed by atoms with Crippen molar-refractivity contribution in [3.8, 4) is 0 Å². The molecule has 0 aromatic carbocycles. The van der Waals surface area contributed by atoms with Gasteiger partial charge < -0.3 is 5.11 Å². The lowest BCUT2D eigenvalue weighted by Crippen LogP contribution is -2.14. The Kier molecular flexibility index (Phi) is 3.94. The Morgan fingerprint density at radius 1 is 1.53 bits per heavy atom. The SMILES string of the molecule is CC(C)Cn1ncnc1CC1=CC(O)CCC1. The molecule has 0 spiro atoms. The lowest BCUT2D eigenvalue weighted by Gasteiger charge is -2.17. The monoisotopic (exact) mass is 235 g/mol. The molecule has 2 rings (SSSR count). The molecule has 0 radical (unpaired) electrons. The first-order valence-corrected chi connectivity index (χ1v) is 6.39. The van der Waals surface area contributed by atoms with Crippen LogP contribution in [-0.4, -0.2) is 26.0 Å². The zero-order chi connectivity index (χ0) is 12.3. The number of rotatable bonds is 4. The minimum Gasteiger partial charge on any atom is -0.389 e. The maximum Gasteiger partial charge on any atom is 0.138 e. The number of hydrogen-bond acceptors (Lipinski definition) is 3. The highest BCUT2D eigenvalue weighted by molar-refractivity contribution is 5.14. The largest absolute Gasteiger partial charge is 0.389 e. The highest BCUT2D eigenvalue weighted by Gasteiger charge is 2.14. The van der Waals surface area contributed by atoms with Crippen LogP contribution in [0.15, 0.2) is 18.0 Å². The Labute approximate surface area is 102 Å². The minimum atomic E-state index is -0.264. The molecule has 0 saturated heterocycles. The second kappa shape index (κ2) is 5.45. The molecule has 1 atom stereocenters. The van der Waals surface area contributed by atoms with Crippen LogP contribution in [0.5, 0.6) is 0 Å². The van der Waals surface area contributed by atoms with Gasteiger partial charge in [0.15, 0.2) is 0 Å². The van der Waals surface area contributed by atoms with E-state index in [1.165, 1.54) is 5.57 Å². The van der Waals surface area contributed by atoms with Crippen molar-refractivity contribution in [1.29, 1.82) is 0 Å². The lowest BCUT2D eigenvalue weighted by atomic mass is 9.95. The lowest BCUT2D eigenvalue weighted by molar-refractivity contribution is 0.201. The van der Waals surface area contributed by atoms with Crippen molar-refractivity contribution in [1.82, 2.24) is 14.8 Å². The fraction of sp³-hybridized carbons (Fsp3) is 0.692. The number of aliphatic hydroxyl groups is 1. The van der Waals surface area contributed by atoms with Gasteiger partial charge in [0.05, 0.1) is 6.10 Å². The Hall–Kier alpha value is -1.16. The van der Waals surface area contributed by atoms with Crippen LogP contribution in [0.2, 0.25) is 0 Å². The van der Waals surface area contributed by atoms with Gasteiger partial charge in [-0.25, -0.2) is 9.67 Å². The predicted molar refractivity (Wildman–Crippen MR) is 66.5 cm³/mol. The van der Waals surface area contributed by atoms with E-state index in [0.29, 0.717) is 5.92 Å². The van der Waals surface area contributed by atoms with E-state index in [4.69, 9.17) is 0 Å². The standard InChI is InChI=1S/C13H21N3O/c1-10(2)8-16-13(14-9-15-16)7-11-4-3-5-12(17)6-11/h6,9-10,12,17H,3-5,7-8H2,1-2H3. The Morgan fingerprint density at radius 2 is 2.35 bits per heavy atom. The molecule has 1 aromatic rings. The summed E-state index contributed by atoms with van der Waals surface area (Å²) in [6.07, 6.45) is 7.21. The summed E-state index contributed by atoms with van der Waals surface area (Å²) in [5, 5.41) is 13.9. The number of aliphatic hydroxyl groups excluding tert-OH is 1. The van der Waals surface area contributed by atoms with Crippen LogP contribution in [0.3, 0.4) is 0 Å². The summed E-state index contributed by atoms with van der Waals surface area (Å²) in [5.74, 6) is 1.58. The smallest absolute Gasteiger partial charge is 0.138 e. The van der Waals surface area contributed by atoms with Gasteiger partial charge >= 0.3 is 0 Å². The van der Waals surface area contributed by atoms with Crippen LogP contribution >= 0.6 is 0 Å². The average Bonchev–Trinajstić information content (AvgIpc) is 2.65. The van der Waals surface area contributed by atoms with Gasteiger partial charge in [-0.2, -0.15) is 5.10 Å². The van der Waals surface area contributed by atoms with E-state index in [9.17, 15) is 5.11 Å². The number of hydrogen-bond donors (Lipinski definition) is 1. The van der Waals surface area contributed by atoms with Gasteiger partial charge in [0.1, 0.15) is 12.2 Å². The molecule has 0 amide bonds. The molecule has 1 aliphatic rings. The molecular weight excluding hydrogens is 214 g/mol. The molecule has 1 aromatic heterocycles. The van der Waals surface area contributed by atoms with Gasteiger partial charge in [0, 0.05) is 13.0 Å². The summed E-state index contributed by atoms with van der Waals surface area (Å²) in [4.78, 5) is 4.32. The minimum absolute atomic E-state index is 0.264. The van der Waals surface area contributed by atoms with E-state index >= 15 is 0 Å². The van der Waals surface area contributed by atoms with Crippen molar-refractivity contribution in [3.05, 3.63) is 23.8 Å². The molecule has 0 fully saturated rings. The first-order valence-electron chi connectivity index (χ1n) is 6.39. The molecule has 4 heteroatoms. The predicted octanol–water partition coefficient (Wildman–Crippen LogP) is 1.95. The average molecular weight is 235 g/mol. The van der Waals surface area contributed by atoms with Crippen molar-refractivity contribution in [3.63, 3.8) is 0 Å². The molecule has 1 N–H and O–H groups in total. The first-order chi connectivity index (χ1) is 8.15. The van der Waals surface area contributed by atoms with Crippen LogP contribution in [0.25, 0.3) is 0 Å². The van der Waals surface area contributed by atoms with E-state index in [0.717, 1.165) is 38.1 Å². The summed E-state index contributed by atoms with van der Waals surface area (Å²) >= 11 is 0. The van der Waals surface area contributed by atoms with E-state index < -0.39 is 0 Å². The summed E-state index contributed by atoms with van der Waals surface area (Å²) in [7, 11) is 0. The first kappa shape index (κ1) is 12.3. The number of nitrogens with zero attached hydrogens (tertiary/aromatic N) is 3. The van der Waals surface area contributed by atoms with Gasteiger partial charge in [0.25, 0.3) is 0 Å².